The quantitative estimate of drug-likeness (QED) is 0.796. The number of fused-ring (bicyclic) bond motifs is 1. The van der Waals surface area contributed by atoms with Gasteiger partial charge in [0.15, 0.2) is 5.41 Å². The third kappa shape index (κ3) is 2.42. The van der Waals surface area contributed by atoms with Crippen molar-refractivity contribution >= 4 is 0 Å². The van der Waals surface area contributed by atoms with Gasteiger partial charge in [0.25, 0.3) is 0 Å². The molecule has 2 aliphatic carbocycles. The molecule has 0 saturated heterocycles. The van der Waals surface area contributed by atoms with E-state index in [1.165, 1.54) is 0 Å². The van der Waals surface area contributed by atoms with Crippen LogP contribution in [-0.4, -0.2) is 0 Å². The Labute approximate surface area is 138 Å². The lowest BCUT2D eigenvalue weighted by atomic mass is 9.55. The Morgan fingerprint density at radius 2 is 1.87 bits per heavy atom. The summed E-state index contributed by atoms with van der Waals surface area (Å²) >= 11 is 0. The minimum absolute atomic E-state index is 0.0548. The molecule has 0 fully saturated rings. The number of hydrogen-bond acceptors (Lipinski definition) is 4. The van der Waals surface area contributed by atoms with Gasteiger partial charge in [-0.1, -0.05) is 33.8 Å². The third-order valence-electron chi connectivity index (χ3n) is 5.71. The first kappa shape index (κ1) is 17.1. The normalized spacial score (nSPS) is 29.6. The maximum absolute atomic E-state index is 9.73. The first-order chi connectivity index (χ1) is 10.8. The fraction of sp³-hybridized carbons (Fsp3) is 0.632. The Morgan fingerprint density at radius 3 is 2.30 bits per heavy atom. The summed E-state index contributed by atoms with van der Waals surface area (Å²) in [5.41, 5.74) is 6.38. The summed E-state index contributed by atoms with van der Waals surface area (Å²) in [5.74, 6) is 0.366. The molecule has 2 rings (SSSR count). The van der Waals surface area contributed by atoms with Crippen LogP contribution < -0.4 is 5.73 Å². The van der Waals surface area contributed by atoms with Crippen molar-refractivity contribution in [2.45, 2.75) is 47.0 Å². The largest absolute Gasteiger partial charge is 0.399 e. The second-order valence-electron chi connectivity index (χ2n) is 7.75. The lowest BCUT2D eigenvalue weighted by Crippen LogP contribution is -2.45. The summed E-state index contributed by atoms with van der Waals surface area (Å²) in [6, 6.07) is 6.45. The van der Waals surface area contributed by atoms with Crippen molar-refractivity contribution in [3.63, 3.8) is 0 Å². The van der Waals surface area contributed by atoms with Crippen molar-refractivity contribution < 1.29 is 0 Å². The zero-order chi connectivity index (χ0) is 17.4. The van der Waals surface area contributed by atoms with E-state index in [9.17, 15) is 15.8 Å². The zero-order valence-corrected chi connectivity index (χ0v) is 14.3. The van der Waals surface area contributed by atoms with Crippen LogP contribution in [0.15, 0.2) is 22.9 Å². The van der Waals surface area contributed by atoms with Gasteiger partial charge in [-0.2, -0.15) is 15.8 Å². The highest BCUT2D eigenvalue weighted by Gasteiger charge is 2.53. The molecule has 0 spiro atoms. The van der Waals surface area contributed by atoms with Crippen molar-refractivity contribution in [3.05, 3.63) is 22.9 Å². The van der Waals surface area contributed by atoms with Crippen LogP contribution in [0.2, 0.25) is 0 Å². The molecule has 120 valence electrons. The van der Waals surface area contributed by atoms with E-state index in [1.54, 1.807) is 0 Å². The van der Waals surface area contributed by atoms with Crippen LogP contribution in [0.5, 0.6) is 0 Å². The summed E-state index contributed by atoms with van der Waals surface area (Å²) in [5, 5.41) is 29.0. The highest BCUT2D eigenvalue weighted by Crippen LogP contribution is 2.54. The van der Waals surface area contributed by atoms with Crippen molar-refractivity contribution in [2.75, 3.05) is 0 Å². The van der Waals surface area contributed by atoms with Gasteiger partial charge in [-0.25, -0.2) is 0 Å². The number of hydrogen-bond donors (Lipinski definition) is 1. The molecule has 0 saturated carbocycles. The summed E-state index contributed by atoms with van der Waals surface area (Å²) in [6.45, 7) is 8.66. The Bertz CT molecular complexity index is 671. The van der Waals surface area contributed by atoms with E-state index in [2.05, 4.69) is 45.1 Å². The van der Waals surface area contributed by atoms with E-state index in [1.807, 2.05) is 6.92 Å². The van der Waals surface area contributed by atoms with Gasteiger partial charge in [0.1, 0.15) is 6.07 Å². The first-order valence-corrected chi connectivity index (χ1v) is 8.20. The van der Waals surface area contributed by atoms with Crippen LogP contribution in [0.1, 0.15) is 47.0 Å². The van der Waals surface area contributed by atoms with Crippen molar-refractivity contribution in [3.8, 4) is 18.2 Å². The lowest BCUT2D eigenvalue weighted by molar-refractivity contribution is 0.141. The highest BCUT2D eigenvalue weighted by molar-refractivity contribution is 5.56. The van der Waals surface area contributed by atoms with Gasteiger partial charge in [0, 0.05) is 5.92 Å². The van der Waals surface area contributed by atoms with Crippen LogP contribution in [0.25, 0.3) is 0 Å². The number of nitriles is 3. The minimum atomic E-state index is -1.39. The van der Waals surface area contributed by atoms with Gasteiger partial charge >= 0.3 is 0 Å². The average molecular weight is 308 g/mol. The van der Waals surface area contributed by atoms with Gasteiger partial charge in [-0.3, -0.25) is 0 Å². The summed E-state index contributed by atoms with van der Waals surface area (Å²) in [6.07, 6.45) is 4.63. The van der Waals surface area contributed by atoms with Crippen molar-refractivity contribution in [1.82, 2.24) is 0 Å². The Balaban J connectivity index is 2.66. The van der Waals surface area contributed by atoms with Crippen molar-refractivity contribution in [1.29, 1.82) is 15.8 Å². The SMILES string of the molecule is CC[C@@H]1[C@@H]2C[C@@H](C(C)(C)C)CC=C2C(C#N)=C(N)C1(C#N)C#N. The molecule has 0 heterocycles. The molecule has 0 radical (unpaired) electrons. The standard InChI is InChI=1S/C19H24N4/c1-5-16-14-8-12(18(2,3)4)6-7-13(14)15(9-20)17(23)19(16,10-21)11-22/h7,12,14,16H,5-6,8,23H2,1-4H3/t12-,14+,16+/m0/s1. The average Bonchev–Trinajstić information content (AvgIpc) is 2.52. The predicted molar refractivity (Wildman–Crippen MR) is 88.0 cm³/mol. The van der Waals surface area contributed by atoms with Gasteiger partial charge in [-0.15, -0.1) is 0 Å². The summed E-state index contributed by atoms with van der Waals surface area (Å²) in [4.78, 5) is 0. The summed E-state index contributed by atoms with van der Waals surface area (Å²) in [7, 11) is 0. The topological polar surface area (TPSA) is 97.4 Å². The third-order valence-corrected chi connectivity index (χ3v) is 5.71. The van der Waals surface area contributed by atoms with Crippen LogP contribution >= 0.6 is 0 Å². The van der Waals surface area contributed by atoms with Gasteiger partial charge in [-0.05, 0) is 42.1 Å². The molecular weight excluding hydrogens is 284 g/mol. The molecule has 23 heavy (non-hydrogen) atoms. The molecule has 2 N–H and O–H groups in total. The smallest absolute Gasteiger partial charge is 0.187 e. The molecule has 0 unspecified atom stereocenters. The molecular formula is C19H24N4. The number of nitrogens with zero attached hydrogens (tertiary/aromatic N) is 3. The minimum Gasteiger partial charge on any atom is -0.399 e. The van der Waals surface area contributed by atoms with Crippen LogP contribution in [-0.2, 0) is 0 Å². The van der Waals surface area contributed by atoms with Crippen molar-refractivity contribution in [2.24, 2.45) is 34.3 Å². The molecule has 3 atom stereocenters. The Morgan fingerprint density at radius 1 is 1.26 bits per heavy atom. The monoisotopic (exact) mass is 308 g/mol. The predicted octanol–water partition coefficient (Wildman–Crippen LogP) is 3.79. The van der Waals surface area contributed by atoms with Gasteiger partial charge in [0.05, 0.1) is 23.4 Å². The van der Waals surface area contributed by atoms with Crippen LogP contribution in [0.3, 0.4) is 0 Å². The molecule has 0 amide bonds. The Kier molecular flexibility index (Phi) is 4.28. The second kappa shape index (κ2) is 5.75. The molecule has 0 aromatic carbocycles. The van der Waals surface area contributed by atoms with E-state index in [4.69, 9.17) is 5.73 Å². The highest BCUT2D eigenvalue weighted by atomic mass is 14.7. The molecule has 0 aliphatic heterocycles. The molecule has 4 nitrogen and oxygen atoms in total. The van der Waals surface area contributed by atoms with Crippen LogP contribution in [0.4, 0.5) is 0 Å². The maximum atomic E-state index is 9.73. The van der Waals surface area contributed by atoms with E-state index < -0.39 is 5.41 Å². The van der Waals surface area contributed by atoms with E-state index >= 15 is 0 Å². The zero-order valence-electron chi connectivity index (χ0n) is 14.3. The van der Waals surface area contributed by atoms with E-state index in [-0.39, 0.29) is 22.9 Å². The first-order valence-electron chi connectivity index (χ1n) is 8.20. The second-order valence-corrected chi connectivity index (χ2v) is 7.75. The van der Waals surface area contributed by atoms with Crippen LogP contribution in [0, 0.1) is 62.6 Å². The summed E-state index contributed by atoms with van der Waals surface area (Å²) < 4.78 is 0. The van der Waals surface area contributed by atoms with E-state index in [0.717, 1.165) is 18.4 Å². The lowest BCUT2D eigenvalue weighted by Gasteiger charge is -2.46. The van der Waals surface area contributed by atoms with E-state index in [0.29, 0.717) is 17.9 Å². The maximum Gasteiger partial charge on any atom is 0.187 e. The number of rotatable bonds is 1. The molecule has 0 bridgehead atoms. The molecule has 0 aromatic heterocycles. The van der Waals surface area contributed by atoms with Gasteiger partial charge < -0.3 is 5.73 Å². The molecule has 4 heteroatoms. The Hall–Kier alpha value is -2.25. The molecule has 2 aliphatic rings. The fourth-order valence-electron chi connectivity index (χ4n) is 4.21. The number of nitrogens with two attached hydrogens (primary N) is 1. The number of allylic oxidation sites excluding steroid dienone is 4. The van der Waals surface area contributed by atoms with Gasteiger partial charge in [0.2, 0.25) is 0 Å². The fourth-order valence-corrected chi connectivity index (χ4v) is 4.21. The molecule has 0 aromatic rings.